The van der Waals surface area contributed by atoms with Gasteiger partial charge in [-0.25, -0.2) is 4.98 Å². The number of aromatic nitrogens is 4. The van der Waals surface area contributed by atoms with Gasteiger partial charge in [-0.05, 0) is 61.1 Å². The molecule has 0 bridgehead atoms. The van der Waals surface area contributed by atoms with Crippen LogP contribution in [0.4, 0.5) is 5.69 Å². The Bertz CT molecular complexity index is 1160. The van der Waals surface area contributed by atoms with Crippen LogP contribution >= 0.6 is 11.5 Å². The fourth-order valence-corrected chi connectivity index (χ4v) is 3.70. The number of hydrogen-bond acceptors (Lipinski definition) is 5. The number of anilines is 1. The van der Waals surface area contributed by atoms with Gasteiger partial charge in [0.05, 0.1) is 11.4 Å². The van der Waals surface area contributed by atoms with Gasteiger partial charge >= 0.3 is 0 Å². The molecule has 28 heavy (non-hydrogen) atoms. The molecular formula is C21H21N5OS. The lowest BCUT2D eigenvalue weighted by Gasteiger charge is -2.09. The third kappa shape index (κ3) is 3.53. The molecule has 0 saturated carbocycles. The molecule has 4 rings (SSSR count). The number of nitrogens with one attached hydrogen (secondary N) is 1. The molecule has 0 unspecified atom stereocenters. The topological polar surface area (TPSA) is 72.2 Å². The average molecular weight is 392 g/mol. The number of imidazole rings is 1. The Morgan fingerprint density at radius 3 is 2.89 bits per heavy atom. The maximum absolute atomic E-state index is 12.7. The smallest absolute Gasteiger partial charge is 0.269 e. The molecule has 0 aliphatic rings. The van der Waals surface area contributed by atoms with Crippen molar-refractivity contribution in [3.05, 3.63) is 64.4 Å². The fraction of sp³-hybridized carbons (Fsp3) is 0.238. The summed E-state index contributed by atoms with van der Waals surface area (Å²) in [5.74, 6) is -0.163. The highest BCUT2D eigenvalue weighted by molar-refractivity contribution is 7.08. The summed E-state index contributed by atoms with van der Waals surface area (Å²) < 4.78 is 5.94. The maximum Gasteiger partial charge on any atom is 0.269 e. The Hall–Kier alpha value is -3.06. The van der Waals surface area contributed by atoms with Gasteiger partial charge in [-0.3, -0.25) is 4.79 Å². The summed E-state index contributed by atoms with van der Waals surface area (Å²) in [4.78, 5) is 18.0. The summed E-state index contributed by atoms with van der Waals surface area (Å²) >= 11 is 1.14. The van der Waals surface area contributed by atoms with Crippen molar-refractivity contribution < 1.29 is 4.79 Å². The first-order chi connectivity index (χ1) is 13.5. The van der Waals surface area contributed by atoms with Crippen LogP contribution in [0.1, 0.15) is 39.8 Å². The maximum atomic E-state index is 12.7. The second-order valence-electron chi connectivity index (χ2n) is 6.88. The van der Waals surface area contributed by atoms with E-state index in [1.165, 1.54) is 5.56 Å². The first-order valence-electron chi connectivity index (χ1n) is 9.24. The van der Waals surface area contributed by atoms with E-state index in [9.17, 15) is 4.79 Å². The summed E-state index contributed by atoms with van der Waals surface area (Å²) in [5, 5.41) is 7.10. The van der Waals surface area contributed by atoms with E-state index in [4.69, 9.17) is 4.98 Å². The summed E-state index contributed by atoms with van der Waals surface area (Å²) in [6, 6.07) is 10.1. The van der Waals surface area contributed by atoms with Crippen molar-refractivity contribution in [2.75, 3.05) is 5.32 Å². The first kappa shape index (κ1) is 18.3. The van der Waals surface area contributed by atoms with Crippen molar-refractivity contribution in [3.8, 4) is 11.3 Å². The van der Waals surface area contributed by atoms with Gasteiger partial charge in [0.1, 0.15) is 10.5 Å². The minimum atomic E-state index is -0.163. The molecule has 0 saturated heterocycles. The van der Waals surface area contributed by atoms with Crippen LogP contribution in [-0.4, -0.2) is 24.9 Å². The van der Waals surface area contributed by atoms with Gasteiger partial charge < -0.3 is 9.72 Å². The molecule has 0 aliphatic carbocycles. The van der Waals surface area contributed by atoms with Crippen LogP contribution in [-0.2, 0) is 6.42 Å². The zero-order chi connectivity index (χ0) is 19.7. The Balaban J connectivity index is 1.65. The van der Waals surface area contributed by atoms with Crippen molar-refractivity contribution in [2.24, 2.45) is 0 Å². The summed E-state index contributed by atoms with van der Waals surface area (Å²) in [6.45, 7) is 6.09. The number of fused-ring (bicyclic) bond motifs is 1. The van der Waals surface area contributed by atoms with Crippen LogP contribution in [0.5, 0.6) is 0 Å². The van der Waals surface area contributed by atoms with E-state index in [1.54, 1.807) is 0 Å². The van der Waals surface area contributed by atoms with E-state index in [1.807, 2.05) is 48.0 Å². The van der Waals surface area contributed by atoms with E-state index < -0.39 is 0 Å². The van der Waals surface area contributed by atoms with Crippen LogP contribution < -0.4 is 5.32 Å². The van der Waals surface area contributed by atoms with Gasteiger partial charge in [0.15, 0.2) is 0 Å². The largest absolute Gasteiger partial charge is 0.321 e. The number of rotatable bonds is 5. The normalized spacial score (nSPS) is 11.1. The number of hydrogen-bond donors (Lipinski definition) is 1. The third-order valence-corrected chi connectivity index (χ3v) is 5.41. The van der Waals surface area contributed by atoms with Crippen molar-refractivity contribution >= 4 is 28.8 Å². The lowest BCUT2D eigenvalue weighted by Crippen LogP contribution is -2.13. The Kier molecular flexibility index (Phi) is 4.92. The van der Waals surface area contributed by atoms with Crippen LogP contribution in [0, 0.1) is 13.8 Å². The molecular weight excluding hydrogens is 370 g/mol. The standard InChI is InChI=1S/C21H21N5OS/c1-4-5-16-20(28-25-24-16)21(27)23-17-11-15(7-6-14(17)3)18-12-26-9-8-13(2)10-19(26)22-18/h6-12H,4-5H2,1-3H3,(H,23,27). The molecule has 7 heteroatoms. The molecule has 1 N–H and O–H groups in total. The monoisotopic (exact) mass is 391 g/mol. The molecule has 0 aliphatic heterocycles. The van der Waals surface area contributed by atoms with E-state index in [2.05, 4.69) is 34.8 Å². The van der Waals surface area contributed by atoms with Gasteiger partial charge in [-0.1, -0.05) is 30.0 Å². The van der Waals surface area contributed by atoms with Gasteiger partial charge in [0.2, 0.25) is 0 Å². The molecule has 142 valence electrons. The molecule has 0 spiro atoms. The molecule has 0 radical (unpaired) electrons. The number of amides is 1. The molecule has 6 nitrogen and oxygen atoms in total. The zero-order valence-electron chi connectivity index (χ0n) is 16.1. The lowest BCUT2D eigenvalue weighted by atomic mass is 10.1. The highest BCUT2D eigenvalue weighted by atomic mass is 32.1. The SMILES string of the molecule is CCCc1nnsc1C(=O)Nc1cc(-c2cn3ccc(C)cc3n2)ccc1C. The van der Waals surface area contributed by atoms with Crippen LogP contribution in [0.25, 0.3) is 16.9 Å². The highest BCUT2D eigenvalue weighted by Crippen LogP contribution is 2.26. The predicted molar refractivity (Wildman–Crippen MR) is 112 cm³/mol. The quantitative estimate of drug-likeness (QED) is 0.536. The fourth-order valence-electron chi connectivity index (χ4n) is 3.10. The van der Waals surface area contributed by atoms with Gasteiger partial charge in [-0.2, -0.15) is 0 Å². The second-order valence-corrected chi connectivity index (χ2v) is 7.63. The van der Waals surface area contributed by atoms with E-state index in [-0.39, 0.29) is 5.91 Å². The Labute approximate surface area is 167 Å². The summed E-state index contributed by atoms with van der Waals surface area (Å²) in [5.41, 5.74) is 6.42. The average Bonchev–Trinajstić information content (AvgIpc) is 3.30. The van der Waals surface area contributed by atoms with Crippen molar-refractivity contribution in [2.45, 2.75) is 33.6 Å². The molecule has 3 heterocycles. The first-order valence-corrected chi connectivity index (χ1v) is 10.0. The lowest BCUT2D eigenvalue weighted by molar-refractivity contribution is 0.102. The third-order valence-electron chi connectivity index (χ3n) is 4.65. The van der Waals surface area contributed by atoms with Gasteiger partial charge in [-0.15, -0.1) is 5.10 Å². The number of pyridine rings is 1. The van der Waals surface area contributed by atoms with E-state index in [0.29, 0.717) is 4.88 Å². The molecule has 3 aromatic heterocycles. The Morgan fingerprint density at radius 1 is 1.21 bits per heavy atom. The molecule has 1 amide bonds. The van der Waals surface area contributed by atoms with Crippen molar-refractivity contribution in [1.82, 2.24) is 19.0 Å². The number of carbonyl (C=O) groups excluding carboxylic acids is 1. The van der Waals surface area contributed by atoms with E-state index in [0.717, 1.165) is 58.2 Å². The van der Waals surface area contributed by atoms with Gasteiger partial charge in [0.25, 0.3) is 5.91 Å². The number of benzene rings is 1. The second kappa shape index (κ2) is 7.52. The van der Waals surface area contributed by atoms with Crippen LogP contribution in [0.15, 0.2) is 42.7 Å². The van der Waals surface area contributed by atoms with Crippen molar-refractivity contribution in [1.29, 1.82) is 0 Å². The molecule has 0 fully saturated rings. The zero-order valence-corrected chi connectivity index (χ0v) is 16.9. The number of carbonyl (C=O) groups is 1. The minimum Gasteiger partial charge on any atom is -0.321 e. The molecule has 0 atom stereocenters. The molecule has 1 aromatic carbocycles. The summed E-state index contributed by atoms with van der Waals surface area (Å²) in [6.07, 6.45) is 5.67. The van der Waals surface area contributed by atoms with E-state index >= 15 is 0 Å². The predicted octanol–water partition coefficient (Wildman–Crippen LogP) is 4.67. The van der Waals surface area contributed by atoms with Crippen LogP contribution in [0.3, 0.4) is 0 Å². The Morgan fingerprint density at radius 2 is 2.07 bits per heavy atom. The highest BCUT2D eigenvalue weighted by Gasteiger charge is 2.17. The van der Waals surface area contributed by atoms with Gasteiger partial charge in [0, 0.05) is 23.6 Å². The number of nitrogens with zero attached hydrogens (tertiary/aromatic N) is 4. The van der Waals surface area contributed by atoms with Crippen LogP contribution in [0.2, 0.25) is 0 Å². The van der Waals surface area contributed by atoms with Crippen molar-refractivity contribution in [3.63, 3.8) is 0 Å². The molecule has 4 aromatic rings. The minimum absolute atomic E-state index is 0.163. The summed E-state index contributed by atoms with van der Waals surface area (Å²) in [7, 11) is 0. The number of aryl methyl sites for hydroxylation is 3.